The number of ether oxygens (including phenoxy) is 1. The third-order valence-corrected chi connectivity index (χ3v) is 4.89. The number of benzene rings is 2. The van der Waals surface area contributed by atoms with Crippen LogP contribution in [0.25, 0.3) is 10.8 Å². The number of pyridine rings is 1. The molecule has 1 saturated heterocycles. The van der Waals surface area contributed by atoms with Crippen LogP contribution in [0.15, 0.2) is 60.8 Å². The maximum Gasteiger partial charge on any atom is 0.317 e. The standard InChI is InChI=1S/C22H20N4O2/c23-13-16-8-10-24-21(12-16)28-19-9-11-26(15-19)22(27)25-14-18-6-3-5-17-4-1-2-7-20(17)18/h1-8,10,12,19H,9,11,14-15H2,(H,25,27). The average Bonchev–Trinajstić information content (AvgIpc) is 3.20. The largest absolute Gasteiger partial charge is 0.472 e. The van der Waals surface area contributed by atoms with Crippen molar-refractivity contribution < 1.29 is 9.53 Å². The van der Waals surface area contributed by atoms with Crippen molar-refractivity contribution in [3.63, 3.8) is 0 Å². The topological polar surface area (TPSA) is 78.2 Å². The summed E-state index contributed by atoms with van der Waals surface area (Å²) in [5.41, 5.74) is 1.60. The van der Waals surface area contributed by atoms with Crippen molar-refractivity contribution in [2.24, 2.45) is 0 Å². The molecule has 28 heavy (non-hydrogen) atoms. The monoisotopic (exact) mass is 372 g/mol. The Morgan fingerprint density at radius 3 is 3.00 bits per heavy atom. The highest BCUT2D eigenvalue weighted by Gasteiger charge is 2.27. The summed E-state index contributed by atoms with van der Waals surface area (Å²) in [6.45, 7) is 1.61. The number of urea groups is 1. The van der Waals surface area contributed by atoms with E-state index < -0.39 is 0 Å². The van der Waals surface area contributed by atoms with Crippen LogP contribution < -0.4 is 10.1 Å². The first-order chi connectivity index (χ1) is 13.7. The number of nitriles is 1. The van der Waals surface area contributed by atoms with Crippen molar-refractivity contribution >= 4 is 16.8 Å². The molecule has 1 atom stereocenters. The normalized spacial score (nSPS) is 16.0. The molecular weight excluding hydrogens is 352 g/mol. The number of carbonyl (C=O) groups excluding carboxylic acids is 1. The Morgan fingerprint density at radius 1 is 1.25 bits per heavy atom. The van der Waals surface area contributed by atoms with Crippen molar-refractivity contribution in [2.45, 2.75) is 19.1 Å². The van der Waals surface area contributed by atoms with Crippen LogP contribution in [-0.2, 0) is 6.54 Å². The van der Waals surface area contributed by atoms with Crippen LogP contribution in [0.1, 0.15) is 17.5 Å². The maximum atomic E-state index is 12.6. The van der Waals surface area contributed by atoms with E-state index in [9.17, 15) is 4.79 Å². The second-order valence-electron chi connectivity index (χ2n) is 6.77. The molecule has 3 aromatic rings. The van der Waals surface area contributed by atoms with Gasteiger partial charge in [-0.25, -0.2) is 9.78 Å². The number of nitrogens with one attached hydrogen (secondary N) is 1. The molecule has 1 aliphatic rings. The van der Waals surface area contributed by atoms with E-state index in [-0.39, 0.29) is 12.1 Å². The van der Waals surface area contributed by atoms with Crippen LogP contribution in [0.3, 0.4) is 0 Å². The quantitative estimate of drug-likeness (QED) is 0.761. The van der Waals surface area contributed by atoms with Crippen molar-refractivity contribution in [1.29, 1.82) is 5.26 Å². The molecule has 1 aliphatic heterocycles. The number of nitrogens with zero attached hydrogens (tertiary/aromatic N) is 3. The molecule has 4 rings (SSSR count). The molecule has 2 amide bonds. The van der Waals surface area contributed by atoms with Crippen LogP contribution in [0.4, 0.5) is 4.79 Å². The van der Waals surface area contributed by atoms with Gasteiger partial charge < -0.3 is 15.0 Å². The minimum atomic E-state index is -0.121. The van der Waals surface area contributed by atoms with Gasteiger partial charge in [0.25, 0.3) is 0 Å². The summed E-state index contributed by atoms with van der Waals surface area (Å²) in [6, 6.07) is 19.5. The van der Waals surface area contributed by atoms with Gasteiger partial charge in [-0.1, -0.05) is 42.5 Å². The molecule has 2 aromatic carbocycles. The molecule has 6 heteroatoms. The third kappa shape index (κ3) is 3.89. The molecule has 6 nitrogen and oxygen atoms in total. The number of hydrogen-bond donors (Lipinski definition) is 1. The summed E-state index contributed by atoms with van der Waals surface area (Å²) in [5, 5.41) is 14.3. The SMILES string of the molecule is N#Cc1ccnc(OC2CCN(C(=O)NCc3cccc4ccccc34)C2)c1. The highest BCUT2D eigenvalue weighted by molar-refractivity contribution is 5.86. The van der Waals surface area contributed by atoms with Crippen LogP contribution in [-0.4, -0.2) is 35.1 Å². The van der Waals surface area contributed by atoms with Crippen molar-refractivity contribution in [1.82, 2.24) is 15.2 Å². The van der Waals surface area contributed by atoms with E-state index in [1.54, 1.807) is 23.2 Å². The maximum absolute atomic E-state index is 12.6. The van der Waals surface area contributed by atoms with E-state index in [1.165, 1.54) is 0 Å². The summed E-state index contributed by atoms with van der Waals surface area (Å²) in [4.78, 5) is 18.4. The van der Waals surface area contributed by atoms with Gasteiger partial charge in [0.05, 0.1) is 18.2 Å². The lowest BCUT2D eigenvalue weighted by molar-refractivity contribution is 0.183. The lowest BCUT2D eigenvalue weighted by atomic mass is 10.0. The molecule has 1 N–H and O–H groups in total. The first kappa shape index (κ1) is 17.8. The van der Waals surface area contributed by atoms with Crippen LogP contribution in [0, 0.1) is 11.3 Å². The Kier molecular flexibility index (Phi) is 5.07. The lowest BCUT2D eigenvalue weighted by Crippen LogP contribution is -2.39. The van der Waals surface area contributed by atoms with E-state index in [0.717, 1.165) is 22.8 Å². The number of fused-ring (bicyclic) bond motifs is 1. The summed E-state index contributed by atoms with van der Waals surface area (Å²) in [5.74, 6) is 0.419. The Hall–Kier alpha value is -3.59. The Bertz CT molecular complexity index is 1040. The Labute approximate surface area is 163 Å². The summed E-state index contributed by atoms with van der Waals surface area (Å²) >= 11 is 0. The fourth-order valence-electron chi connectivity index (χ4n) is 3.45. The zero-order chi connectivity index (χ0) is 19.3. The fraction of sp³-hybridized carbons (Fsp3) is 0.227. The molecule has 0 radical (unpaired) electrons. The molecule has 140 valence electrons. The van der Waals surface area contributed by atoms with Gasteiger partial charge in [-0.15, -0.1) is 0 Å². The van der Waals surface area contributed by atoms with Crippen molar-refractivity contribution in [2.75, 3.05) is 13.1 Å². The zero-order valence-corrected chi connectivity index (χ0v) is 15.3. The van der Waals surface area contributed by atoms with E-state index in [0.29, 0.717) is 31.1 Å². The predicted molar refractivity (Wildman–Crippen MR) is 106 cm³/mol. The van der Waals surface area contributed by atoms with Gasteiger partial charge in [0.2, 0.25) is 5.88 Å². The number of rotatable bonds is 4. The van der Waals surface area contributed by atoms with Gasteiger partial charge in [0.15, 0.2) is 0 Å². The zero-order valence-electron chi connectivity index (χ0n) is 15.3. The second kappa shape index (κ2) is 7.97. The number of carbonyl (C=O) groups is 1. The molecule has 1 aromatic heterocycles. The van der Waals surface area contributed by atoms with E-state index in [1.807, 2.05) is 24.3 Å². The average molecular weight is 372 g/mol. The lowest BCUT2D eigenvalue weighted by Gasteiger charge is -2.18. The Morgan fingerprint density at radius 2 is 2.11 bits per heavy atom. The summed E-state index contributed by atoms with van der Waals surface area (Å²) in [7, 11) is 0. The minimum absolute atomic E-state index is 0.0993. The molecule has 2 heterocycles. The molecule has 0 bridgehead atoms. The number of likely N-dealkylation sites (tertiary alicyclic amines) is 1. The minimum Gasteiger partial charge on any atom is -0.472 e. The van der Waals surface area contributed by atoms with Crippen LogP contribution in [0.5, 0.6) is 5.88 Å². The van der Waals surface area contributed by atoms with E-state index in [2.05, 4.69) is 34.6 Å². The first-order valence-corrected chi connectivity index (χ1v) is 9.25. The molecule has 0 spiro atoms. The Balaban J connectivity index is 1.34. The van der Waals surface area contributed by atoms with Gasteiger partial charge >= 0.3 is 6.03 Å². The first-order valence-electron chi connectivity index (χ1n) is 9.25. The van der Waals surface area contributed by atoms with Gasteiger partial charge in [0.1, 0.15) is 6.10 Å². The molecule has 0 saturated carbocycles. The van der Waals surface area contributed by atoms with Gasteiger partial charge in [0, 0.05) is 31.8 Å². The van der Waals surface area contributed by atoms with Crippen molar-refractivity contribution in [3.8, 4) is 11.9 Å². The summed E-state index contributed by atoms with van der Waals surface area (Å²) in [6.07, 6.45) is 2.17. The number of aromatic nitrogens is 1. The highest BCUT2D eigenvalue weighted by Crippen LogP contribution is 2.20. The number of hydrogen-bond acceptors (Lipinski definition) is 4. The third-order valence-electron chi connectivity index (χ3n) is 4.89. The predicted octanol–water partition coefficient (Wildman–Crippen LogP) is 3.47. The smallest absolute Gasteiger partial charge is 0.317 e. The van der Waals surface area contributed by atoms with E-state index in [4.69, 9.17) is 10.00 Å². The van der Waals surface area contributed by atoms with Crippen LogP contribution >= 0.6 is 0 Å². The fourth-order valence-corrected chi connectivity index (χ4v) is 3.45. The second-order valence-corrected chi connectivity index (χ2v) is 6.77. The highest BCUT2D eigenvalue weighted by atomic mass is 16.5. The molecule has 0 aliphatic carbocycles. The molecule has 1 unspecified atom stereocenters. The van der Waals surface area contributed by atoms with E-state index >= 15 is 0 Å². The molecule has 1 fully saturated rings. The molecular formula is C22H20N4O2. The van der Waals surface area contributed by atoms with Crippen LogP contribution in [0.2, 0.25) is 0 Å². The van der Waals surface area contributed by atoms with Gasteiger partial charge in [-0.2, -0.15) is 5.26 Å². The van der Waals surface area contributed by atoms with Gasteiger partial charge in [-0.3, -0.25) is 0 Å². The van der Waals surface area contributed by atoms with Crippen molar-refractivity contribution in [3.05, 3.63) is 71.9 Å². The number of amides is 2. The van der Waals surface area contributed by atoms with Gasteiger partial charge in [-0.05, 0) is 22.4 Å². The summed E-state index contributed by atoms with van der Waals surface area (Å²) < 4.78 is 5.83.